The molecule has 180 valence electrons. The number of nitrogens with two attached hydrogens (primary N) is 1. The number of nitrogens with zero attached hydrogens (tertiary/aromatic N) is 5. The molecule has 0 saturated heterocycles. The maximum absolute atomic E-state index is 12.8. The van der Waals surface area contributed by atoms with Crippen LogP contribution < -0.4 is 20.5 Å². The maximum atomic E-state index is 12.8. The molecular formula is C25H27N7O3. The summed E-state index contributed by atoms with van der Waals surface area (Å²) in [6.45, 7) is 0. The molecule has 1 aromatic carbocycles. The van der Waals surface area contributed by atoms with Crippen molar-refractivity contribution in [2.75, 3.05) is 25.3 Å². The minimum absolute atomic E-state index is 0.0349. The summed E-state index contributed by atoms with van der Waals surface area (Å²) < 4.78 is 12.5. The van der Waals surface area contributed by atoms with Crippen LogP contribution in [0, 0.1) is 5.92 Å². The predicted molar refractivity (Wildman–Crippen MR) is 132 cm³/mol. The van der Waals surface area contributed by atoms with Crippen molar-refractivity contribution in [1.29, 1.82) is 0 Å². The van der Waals surface area contributed by atoms with E-state index >= 15 is 0 Å². The summed E-state index contributed by atoms with van der Waals surface area (Å²) in [6, 6.07) is 11.2. The van der Waals surface area contributed by atoms with Gasteiger partial charge in [0.2, 0.25) is 11.8 Å². The van der Waals surface area contributed by atoms with Crippen molar-refractivity contribution in [1.82, 2.24) is 24.5 Å². The van der Waals surface area contributed by atoms with E-state index in [0.29, 0.717) is 34.4 Å². The summed E-state index contributed by atoms with van der Waals surface area (Å²) in [5, 5.41) is 3.02. The SMILES string of the molecule is COc1cccc(NC(=O)[C@H]2CC[C@@H](n3cnc4c(N)nc(-c5ccnc(OC)c5)nc43)CC2)c1. The number of imidazole rings is 1. The number of methoxy groups -OCH3 is 2. The molecule has 1 saturated carbocycles. The number of amides is 1. The lowest BCUT2D eigenvalue weighted by Gasteiger charge is -2.28. The minimum Gasteiger partial charge on any atom is -0.497 e. The Balaban J connectivity index is 1.32. The van der Waals surface area contributed by atoms with Crippen LogP contribution in [0.3, 0.4) is 0 Å². The smallest absolute Gasteiger partial charge is 0.227 e. The van der Waals surface area contributed by atoms with Gasteiger partial charge in [-0.3, -0.25) is 4.79 Å². The summed E-state index contributed by atoms with van der Waals surface area (Å²) >= 11 is 0. The molecule has 0 atom stereocenters. The number of hydrogen-bond donors (Lipinski definition) is 2. The quantitative estimate of drug-likeness (QED) is 0.432. The first-order chi connectivity index (χ1) is 17.1. The van der Waals surface area contributed by atoms with E-state index < -0.39 is 0 Å². The predicted octanol–water partition coefficient (Wildman–Crippen LogP) is 3.86. The van der Waals surface area contributed by atoms with Crippen molar-refractivity contribution < 1.29 is 14.3 Å². The van der Waals surface area contributed by atoms with Gasteiger partial charge in [-0.25, -0.2) is 19.9 Å². The number of benzene rings is 1. The molecule has 0 aliphatic heterocycles. The second-order valence-electron chi connectivity index (χ2n) is 8.57. The number of carbonyl (C=O) groups excluding carboxylic acids is 1. The molecule has 3 aromatic heterocycles. The topological polar surface area (TPSA) is 130 Å². The van der Waals surface area contributed by atoms with E-state index in [-0.39, 0.29) is 17.9 Å². The zero-order chi connectivity index (χ0) is 24.4. The highest BCUT2D eigenvalue weighted by atomic mass is 16.5. The Morgan fingerprint density at radius 3 is 2.66 bits per heavy atom. The summed E-state index contributed by atoms with van der Waals surface area (Å²) in [6.07, 6.45) is 6.64. The van der Waals surface area contributed by atoms with Crippen LogP contribution in [-0.2, 0) is 4.79 Å². The molecule has 10 heteroatoms. The van der Waals surface area contributed by atoms with E-state index in [1.165, 1.54) is 0 Å². The maximum Gasteiger partial charge on any atom is 0.227 e. The Morgan fingerprint density at radius 2 is 1.89 bits per heavy atom. The van der Waals surface area contributed by atoms with Crippen molar-refractivity contribution in [2.24, 2.45) is 5.92 Å². The number of ether oxygens (including phenoxy) is 2. The average Bonchev–Trinajstić information content (AvgIpc) is 3.33. The van der Waals surface area contributed by atoms with Gasteiger partial charge < -0.3 is 25.1 Å². The van der Waals surface area contributed by atoms with E-state index in [1.54, 1.807) is 32.8 Å². The van der Waals surface area contributed by atoms with Gasteiger partial charge in [0.15, 0.2) is 17.3 Å². The highest BCUT2D eigenvalue weighted by Gasteiger charge is 2.29. The Morgan fingerprint density at radius 1 is 1.06 bits per heavy atom. The first-order valence-electron chi connectivity index (χ1n) is 11.5. The van der Waals surface area contributed by atoms with Crippen molar-refractivity contribution in [2.45, 2.75) is 31.7 Å². The number of nitrogen functional groups attached to an aromatic ring is 1. The van der Waals surface area contributed by atoms with Crippen LogP contribution in [0.5, 0.6) is 11.6 Å². The van der Waals surface area contributed by atoms with Crippen molar-refractivity contribution >= 4 is 28.6 Å². The normalized spacial score (nSPS) is 17.8. The summed E-state index contributed by atoms with van der Waals surface area (Å²) in [5.74, 6) is 1.99. The second-order valence-corrected chi connectivity index (χ2v) is 8.57. The lowest BCUT2D eigenvalue weighted by molar-refractivity contribution is -0.120. The fourth-order valence-electron chi connectivity index (χ4n) is 4.56. The Labute approximate surface area is 202 Å². The first kappa shape index (κ1) is 22.6. The van der Waals surface area contributed by atoms with Gasteiger partial charge in [0.25, 0.3) is 0 Å². The van der Waals surface area contributed by atoms with Gasteiger partial charge >= 0.3 is 0 Å². The molecule has 3 heterocycles. The van der Waals surface area contributed by atoms with Gasteiger partial charge in [-0.05, 0) is 43.9 Å². The van der Waals surface area contributed by atoms with E-state index in [9.17, 15) is 4.79 Å². The molecule has 1 aliphatic rings. The van der Waals surface area contributed by atoms with Crippen molar-refractivity contribution in [3.63, 3.8) is 0 Å². The molecule has 0 bridgehead atoms. The molecule has 3 N–H and O–H groups in total. The van der Waals surface area contributed by atoms with Crippen molar-refractivity contribution in [3.8, 4) is 23.0 Å². The third kappa shape index (κ3) is 4.59. The third-order valence-corrected chi connectivity index (χ3v) is 6.45. The lowest BCUT2D eigenvalue weighted by atomic mass is 9.85. The van der Waals surface area contributed by atoms with E-state index in [0.717, 1.165) is 36.9 Å². The number of aromatic nitrogens is 5. The molecule has 0 radical (unpaired) electrons. The molecule has 10 nitrogen and oxygen atoms in total. The number of pyridine rings is 1. The summed E-state index contributed by atoms with van der Waals surface area (Å²) in [5.41, 5.74) is 8.99. The molecule has 4 aromatic rings. The van der Waals surface area contributed by atoms with E-state index in [1.807, 2.05) is 30.3 Å². The van der Waals surface area contributed by atoms with Gasteiger partial charge in [0.1, 0.15) is 11.3 Å². The van der Waals surface area contributed by atoms with Gasteiger partial charge in [-0.2, -0.15) is 0 Å². The highest BCUT2D eigenvalue weighted by Crippen LogP contribution is 2.35. The van der Waals surface area contributed by atoms with Crippen LogP contribution in [0.15, 0.2) is 48.9 Å². The molecule has 35 heavy (non-hydrogen) atoms. The number of anilines is 2. The number of nitrogens with one attached hydrogen (secondary N) is 1. The van der Waals surface area contributed by atoms with Crippen LogP contribution in [0.4, 0.5) is 11.5 Å². The van der Waals surface area contributed by atoms with Crippen LogP contribution >= 0.6 is 0 Å². The van der Waals surface area contributed by atoms with Gasteiger partial charge in [-0.1, -0.05) is 6.07 Å². The molecular weight excluding hydrogens is 446 g/mol. The van der Waals surface area contributed by atoms with Crippen LogP contribution in [0.2, 0.25) is 0 Å². The number of carbonyl (C=O) groups is 1. The number of rotatable bonds is 6. The van der Waals surface area contributed by atoms with Gasteiger partial charge in [-0.15, -0.1) is 0 Å². The standard InChI is InChI=1S/C25H27N7O3/c1-34-19-5-3-4-17(13-19)29-25(33)15-6-8-18(9-7-15)32-14-28-21-22(26)30-23(31-24(21)32)16-10-11-27-20(12-16)35-2/h3-5,10-15,18H,6-9H2,1-2H3,(H,29,33)(H2,26,30,31)/t15-,18+. The lowest BCUT2D eigenvalue weighted by Crippen LogP contribution is -2.28. The molecule has 1 amide bonds. The molecule has 0 spiro atoms. The summed E-state index contributed by atoms with van der Waals surface area (Å²) in [7, 11) is 3.17. The largest absolute Gasteiger partial charge is 0.497 e. The zero-order valence-electron chi connectivity index (χ0n) is 19.6. The fraction of sp³-hybridized carbons (Fsp3) is 0.320. The molecule has 1 fully saturated rings. The number of fused-ring (bicyclic) bond motifs is 1. The summed E-state index contributed by atoms with van der Waals surface area (Å²) in [4.78, 5) is 30.7. The van der Waals surface area contributed by atoms with Crippen LogP contribution in [0.1, 0.15) is 31.7 Å². The van der Waals surface area contributed by atoms with Crippen LogP contribution in [-0.4, -0.2) is 44.6 Å². The Kier molecular flexibility index (Phi) is 6.17. The van der Waals surface area contributed by atoms with Crippen molar-refractivity contribution in [3.05, 3.63) is 48.9 Å². The average molecular weight is 474 g/mol. The Hall–Kier alpha value is -4.21. The highest BCUT2D eigenvalue weighted by molar-refractivity contribution is 5.92. The second kappa shape index (κ2) is 9.57. The first-order valence-corrected chi connectivity index (χ1v) is 11.5. The van der Waals surface area contributed by atoms with E-state index in [2.05, 4.69) is 24.8 Å². The zero-order valence-corrected chi connectivity index (χ0v) is 19.6. The number of hydrogen-bond acceptors (Lipinski definition) is 8. The van der Waals surface area contributed by atoms with E-state index in [4.69, 9.17) is 20.2 Å². The molecule has 0 unspecified atom stereocenters. The minimum atomic E-state index is -0.0493. The molecule has 5 rings (SSSR count). The fourth-order valence-corrected chi connectivity index (χ4v) is 4.56. The van der Waals surface area contributed by atoms with Gasteiger partial charge in [0, 0.05) is 41.5 Å². The monoisotopic (exact) mass is 473 g/mol. The Bertz CT molecular complexity index is 1360. The van der Waals surface area contributed by atoms with Gasteiger partial charge in [0.05, 0.1) is 20.5 Å². The van der Waals surface area contributed by atoms with Crippen LogP contribution in [0.25, 0.3) is 22.6 Å². The third-order valence-electron chi connectivity index (χ3n) is 6.45. The molecule has 1 aliphatic carbocycles.